The number of allylic oxidation sites excluding steroid dienone is 1. The number of benzene rings is 1. The zero-order valence-electron chi connectivity index (χ0n) is 8.34. The van der Waals surface area contributed by atoms with Gasteiger partial charge >= 0.3 is 0 Å². The maximum atomic E-state index is 10.5. The van der Waals surface area contributed by atoms with Gasteiger partial charge < -0.3 is 0 Å². The first kappa shape index (κ1) is 11.1. The van der Waals surface area contributed by atoms with Crippen LogP contribution in [0.15, 0.2) is 29.8 Å². The number of hydrogen-bond acceptors (Lipinski definition) is 3. The highest BCUT2D eigenvalue weighted by Crippen LogP contribution is 2.14. The Labute approximate surface area is 87.4 Å². The second kappa shape index (κ2) is 5.05. The molecule has 0 unspecified atom stereocenters. The Kier molecular flexibility index (Phi) is 3.74. The molecule has 0 saturated heterocycles. The summed E-state index contributed by atoms with van der Waals surface area (Å²) in [6.07, 6.45) is 3.17. The standard InChI is InChI=1S/C11H11NO3/c1-2-9(8-13)7-10-3-5-11(6-4-10)12(14)15/h3-8H,2H2,1H3. The lowest BCUT2D eigenvalue weighted by molar-refractivity contribution is -0.384. The molecule has 0 aliphatic rings. The van der Waals surface area contributed by atoms with Gasteiger partial charge in [-0.15, -0.1) is 0 Å². The van der Waals surface area contributed by atoms with Crippen LogP contribution in [0.25, 0.3) is 6.08 Å². The van der Waals surface area contributed by atoms with E-state index in [9.17, 15) is 14.9 Å². The van der Waals surface area contributed by atoms with Gasteiger partial charge in [-0.3, -0.25) is 14.9 Å². The van der Waals surface area contributed by atoms with Crippen molar-refractivity contribution in [3.63, 3.8) is 0 Å². The van der Waals surface area contributed by atoms with E-state index in [0.29, 0.717) is 12.0 Å². The smallest absolute Gasteiger partial charge is 0.269 e. The van der Waals surface area contributed by atoms with E-state index < -0.39 is 4.92 Å². The average molecular weight is 205 g/mol. The van der Waals surface area contributed by atoms with Crippen molar-refractivity contribution in [3.05, 3.63) is 45.5 Å². The molecule has 0 aliphatic carbocycles. The molecule has 0 bridgehead atoms. The average Bonchev–Trinajstić information content (AvgIpc) is 2.26. The normalized spacial score (nSPS) is 11.1. The Balaban J connectivity index is 2.94. The van der Waals surface area contributed by atoms with E-state index >= 15 is 0 Å². The lowest BCUT2D eigenvalue weighted by Gasteiger charge is -1.96. The summed E-state index contributed by atoms with van der Waals surface area (Å²) in [4.78, 5) is 20.5. The lowest BCUT2D eigenvalue weighted by atomic mass is 10.1. The predicted octanol–water partition coefficient (Wildman–Crippen LogP) is 2.59. The van der Waals surface area contributed by atoms with Crippen molar-refractivity contribution in [2.75, 3.05) is 0 Å². The first-order valence-corrected chi connectivity index (χ1v) is 4.57. The summed E-state index contributed by atoms with van der Waals surface area (Å²) in [5.74, 6) is 0. The van der Waals surface area contributed by atoms with Gasteiger partial charge in [-0.2, -0.15) is 0 Å². The molecule has 0 saturated carbocycles. The molecule has 0 fully saturated rings. The molecule has 0 aliphatic heterocycles. The van der Waals surface area contributed by atoms with Gasteiger partial charge in [-0.1, -0.05) is 6.92 Å². The Morgan fingerprint density at radius 1 is 1.40 bits per heavy atom. The molecule has 0 aromatic heterocycles. The molecule has 0 amide bonds. The molecule has 1 aromatic rings. The fourth-order valence-corrected chi connectivity index (χ4v) is 1.13. The Hall–Kier alpha value is -1.97. The fourth-order valence-electron chi connectivity index (χ4n) is 1.13. The zero-order chi connectivity index (χ0) is 11.3. The third-order valence-electron chi connectivity index (χ3n) is 2.02. The van der Waals surface area contributed by atoms with E-state index in [1.54, 1.807) is 18.2 Å². The maximum absolute atomic E-state index is 10.5. The van der Waals surface area contributed by atoms with Crippen LogP contribution in [-0.2, 0) is 4.79 Å². The SMILES string of the molecule is CCC(C=O)=Cc1ccc([N+](=O)[O-])cc1. The van der Waals surface area contributed by atoms with Gasteiger partial charge in [0.05, 0.1) is 4.92 Å². The number of carbonyl (C=O) groups is 1. The molecule has 0 heterocycles. The van der Waals surface area contributed by atoms with Gasteiger partial charge in [0.1, 0.15) is 6.29 Å². The van der Waals surface area contributed by atoms with Crippen LogP contribution < -0.4 is 0 Å². The number of non-ortho nitro benzene ring substituents is 1. The van der Waals surface area contributed by atoms with Gasteiger partial charge in [0.2, 0.25) is 0 Å². The summed E-state index contributed by atoms with van der Waals surface area (Å²) in [5.41, 5.74) is 1.52. The first-order valence-electron chi connectivity index (χ1n) is 4.57. The summed E-state index contributed by atoms with van der Waals surface area (Å²) in [6.45, 7) is 1.88. The highest BCUT2D eigenvalue weighted by atomic mass is 16.6. The minimum absolute atomic E-state index is 0.0521. The largest absolute Gasteiger partial charge is 0.298 e. The van der Waals surface area contributed by atoms with Gasteiger partial charge in [0, 0.05) is 12.1 Å². The van der Waals surface area contributed by atoms with E-state index in [1.807, 2.05) is 6.92 Å². The van der Waals surface area contributed by atoms with Gasteiger partial charge in [-0.05, 0) is 35.8 Å². The molecule has 0 spiro atoms. The summed E-state index contributed by atoms with van der Waals surface area (Å²) in [6, 6.07) is 6.09. The summed E-state index contributed by atoms with van der Waals surface area (Å²) < 4.78 is 0. The molecule has 4 nitrogen and oxygen atoms in total. The summed E-state index contributed by atoms with van der Waals surface area (Å²) in [5, 5.41) is 10.4. The molecule has 15 heavy (non-hydrogen) atoms. The first-order chi connectivity index (χ1) is 7.17. The molecule has 0 N–H and O–H groups in total. The molecule has 4 heteroatoms. The molecule has 1 aromatic carbocycles. The Morgan fingerprint density at radius 3 is 2.40 bits per heavy atom. The van der Waals surface area contributed by atoms with Crippen LogP contribution in [0.1, 0.15) is 18.9 Å². The third kappa shape index (κ3) is 3.02. The Morgan fingerprint density at radius 2 is 2.00 bits per heavy atom. The van der Waals surface area contributed by atoms with Crippen LogP contribution in [0.4, 0.5) is 5.69 Å². The number of carbonyl (C=O) groups excluding carboxylic acids is 1. The van der Waals surface area contributed by atoms with Crippen molar-refractivity contribution >= 4 is 18.0 Å². The number of nitro groups is 1. The van der Waals surface area contributed by atoms with Gasteiger partial charge in [-0.25, -0.2) is 0 Å². The topological polar surface area (TPSA) is 60.2 Å². The van der Waals surface area contributed by atoms with Crippen molar-refractivity contribution < 1.29 is 9.72 Å². The van der Waals surface area contributed by atoms with Crippen LogP contribution in [0.5, 0.6) is 0 Å². The van der Waals surface area contributed by atoms with Crippen LogP contribution >= 0.6 is 0 Å². The van der Waals surface area contributed by atoms with E-state index in [4.69, 9.17) is 0 Å². The van der Waals surface area contributed by atoms with Gasteiger partial charge in [0.25, 0.3) is 5.69 Å². The molecule has 1 rings (SSSR count). The third-order valence-corrected chi connectivity index (χ3v) is 2.02. The number of aldehydes is 1. The highest BCUT2D eigenvalue weighted by molar-refractivity contribution is 5.81. The van der Waals surface area contributed by atoms with Gasteiger partial charge in [0.15, 0.2) is 0 Å². The second-order valence-corrected chi connectivity index (χ2v) is 3.04. The molecular weight excluding hydrogens is 194 g/mol. The number of nitrogens with zero attached hydrogens (tertiary/aromatic N) is 1. The summed E-state index contributed by atoms with van der Waals surface area (Å²) in [7, 11) is 0. The van der Waals surface area contributed by atoms with Crippen molar-refractivity contribution in [2.45, 2.75) is 13.3 Å². The minimum Gasteiger partial charge on any atom is -0.298 e. The fraction of sp³-hybridized carbons (Fsp3) is 0.182. The second-order valence-electron chi connectivity index (χ2n) is 3.04. The van der Waals surface area contributed by atoms with Crippen molar-refractivity contribution in [1.29, 1.82) is 0 Å². The van der Waals surface area contributed by atoms with Crippen molar-refractivity contribution in [1.82, 2.24) is 0 Å². The monoisotopic (exact) mass is 205 g/mol. The molecule has 0 atom stereocenters. The van der Waals surface area contributed by atoms with Crippen LogP contribution in [-0.4, -0.2) is 11.2 Å². The quantitative estimate of drug-likeness (QED) is 0.328. The number of nitro benzene ring substituents is 1. The number of hydrogen-bond donors (Lipinski definition) is 0. The van der Waals surface area contributed by atoms with Crippen LogP contribution in [0.2, 0.25) is 0 Å². The highest BCUT2D eigenvalue weighted by Gasteiger charge is 2.02. The van der Waals surface area contributed by atoms with E-state index in [2.05, 4.69) is 0 Å². The molecular formula is C11H11NO3. The minimum atomic E-state index is -0.450. The van der Waals surface area contributed by atoms with Crippen molar-refractivity contribution in [3.8, 4) is 0 Å². The maximum Gasteiger partial charge on any atom is 0.269 e. The van der Waals surface area contributed by atoms with E-state index in [0.717, 1.165) is 11.8 Å². The summed E-state index contributed by atoms with van der Waals surface area (Å²) >= 11 is 0. The predicted molar refractivity (Wildman–Crippen MR) is 57.4 cm³/mol. The van der Waals surface area contributed by atoms with E-state index in [-0.39, 0.29) is 5.69 Å². The van der Waals surface area contributed by atoms with E-state index in [1.165, 1.54) is 12.1 Å². The van der Waals surface area contributed by atoms with Crippen LogP contribution in [0.3, 0.4) is 0 Å². The van der Waals surface area contributed by atoms with Crippen LogP contribution in [0, 0.1) is 10.1 Å². The molecule has 78 valence electrons. The number of rotatable bonds is 4. The molecule has 0 radical (unpaired) electrons. The zero-order valence-corrected chi connectivity index (χ0v) is 8.34. The van der Waals surface area contributed by atoms with Crippen molar-refractivity contribution in [2.24, 2.45) is 0 Å². The Bertz CT molecular complexity index is 393. The lowest BCUT2D eigenvalue weighted by Crippen LogP contribution is -1.87.